The molecule has 1 aliphatic rings. The Balaban J connectivity index is 2.28. The molecule has 0 heterocycles. The zero-order valence-electron chi connectivity index (χ0n) is 10.9. The van der Waals surface area contributed by atoms with E-state index in [1.807, 2.05) is 0 Å². The van der Waals surface area contributed by atoms with Crippen molar-refractivity contribution in [1.29, 1.82) is 0 Å². The molecular weight excluding hydrogens is 282 g/mol. The number of nitrogen functional groups attached to an aromatic ring is 1. The molecule has 0 atom stereocenters. The van der Waals surface area contributed by atoms with Gasteiger partial charge in [-0.15, -0.1) is 0 Å². The summed E-state index contributed by atoms with van der Waals surface area (Å²) in [6.07, 6.45) is 4.65. The third-order valence-electron chi connectivity index (χ3n) is 3.42. The van der Waals surface area contributed by atoms with Crippen LogP contribution in [0.5, 0.6) is 0 Å². The van der Waals surface area contributed by atoms with Crippen LogP contribution < -0.4 is 10.5 Å². The Morgan fingerprint density at radius 2 is 1.90 bits per heavy atom. The molecule has 3 N–H and O–H groups in total. The molecule has 0 saturated heterocycles. The van der Waals surface area contributed by atoms with Crippen LogP contribution >= 0.6 is 0 Å². The SMILES string of the molecule is Nc1ccc([N+](=O)[O-])cc1S(=O)(=O)NC1CCCCC1. The molecule has 0 amide bonds. The summed E-state index contributed by atoms with van der Waals surface area (Å²) in [4.78, 5) is 9.87. The number of anilines is 1. The summed E-state index contributed by atoms with van der Waals surface area (Å²) < 4.78 is 27.2. The van der Waals surface area contributed by atoms with Gasteiger partial charge in [-0.05, 0) is 18.9 Å². The first-order valence-corrected chi connectivity index (χ1v) is 7.95. The first-order valence-electron chi connectivity index (χ1n) is 6.46. The highest BCUT2D eigenvalue weighted by molar-refractivity contribution is 7.89. The largest absolute Gasteiger partial charge is 0.398 e. The van der Waals surface area contributed by atoms with Crippen molar-refractivity contribution in [3.63, 3.8) is 0 Å². The van der Waals surface area contributed by atoms with E-state index in [0.717, 1.165) is 38.2 Å². The predicted octanol–water partition coefficient (Wildman–Crippen LogP) is 1.79. The molecule has 1 saturated carbocycles. The summed E-state index contributed by atoms with van der Waals surface area (Å²) in [5.41, 5.74) is 5.36. The van der Waals surface area contributed by atoms with Crippen molar-refractivity contribution >= 4 is 21.4 Å². The van der Waals surface area contributed by atoms with Crippen molar-refractivity contribution in [1.82, 2.24) is 4.72 Å². The molecule has 1 fully saturated rings. The van der Waals surface area contributed by atoms with Crippen molar-refractivity contribution in [2.45, 2.75) is 43.0 Å². The number of non-ortho nitro benzene ring substituents is 1. The fraction of sp³-hybridized carbons (Fsp3) is 0.500. The van der Waals surface area contributed by atoms with Gasteiger partial charge in [0.2, 0.25) is 10.0 Å². The third kappa shape index (κ3) is 3.26. The molecule has 1 aromatic rings. The lowest BCUT2D eigenvalue weighted by Crippen LogP contribution is -2.36. The number of nitrogens with two attached hydrogens (primary N) is 1. The number of hydrogen-bond acceptors (Lipinski definition) is 5. The number of nitro groups is 1. The van der Waals surface area contributed by atoms with E-state index in [1.54, 1.807) is 0 Å². The molecule has 1 aromatic carbocycles. The fourth-order valence-corrected chi connectivity index (χ4v) is 3.83. The van der Waals surface area contributed by atoms with E-state index in [9.17, 15) is 18.5 Å². The van der Waals surface area contributed by atoms with Crippen LogP contribution in [0.2, 0.25) is 0 Å². The molecule has 1 aliphatic carbocycles. The van der Waals surface area contributed by atoms with Gasteiger partial charge in [0.25, 0.3) is 5.69 Å². The van der Waals surface area contributed by atoms with E-state index < -0.39 is 14.9 Å². The van der Waals surface area contributed by atoms with Gasteiger partial charge in [-0.2, -0.15) is 0 Å². The summed E-state index contributed by atoms with van der Waals surface area (Å²) in [6, 6.07) is 3.32. The molecule has 0 radical (unpaired) electrons. The summed E-state index contributed by atoms with van der Waals surface area (Å²) in [7, 11) is -3.83. The van der Waals surface area contributed by atoms with Crippen molar-refractivity contribution in [2.24, 2.45) is 0 Å². The minimum absolute atomic E-state index is 0.0129. The number of benzene rings is 1. The number of nitrogens with zero attached hydrogens (tertiary/aromatic N) is 1. The first-order chi connectivity index (χ1) is 9.40. The minimum Gasteiger partial charge on any atom is -0.398 e. The van der Waals surface area contributed by atoms with Crippen LogP contribution in [0.25, 0.3) is 0 Å². The van der Waals surface area contributed by atoms with Crippen molar-refractivity contribution in [2.75, 3.05) is 5.73 Å². The second-order valence-corrected chi connectivity index (χ2v) is 6.62. The quantitative estimate of drug-likeness (QED) is 0.499. The van der Waals surface area contributed by atoms with Crippen LogP contribution in [0.4, 0.5) is 11.4 Å². The van der Waals surface area contributed by atoms with Gasteiger partial charge < -0.3 is 5.73 Å². The standard InChI is InChI=1S/C12H17N3O4S/c13-11-7-6-10(15(16)17)8-12(11)20(18,19)14-9-4-2-1-3-5-9/h6-9,14H,1-5,13H2. The highest BCUT2D eigenvalue weighted by Gasteiger charge is 2.25. The molecule has 2 rings (SSSR count). The maximum Gasteiger partial charge on any atom is 0.270 e. The normalized spacial score (nSPS) is 17.0. The Kier molecular flexibility index (Phi) is 4.24. The summed E-state index contributed by atoms with van der Waals surface area (Å²) in [5.74, 6) is 0. The summed E-state index contributed by atoms with van der Waals surface area (Å²) >= 11 is 0. The average molecular weight is 299 g/mol. The van der Waals surface area contributed by atoms with Crippen molar-refractivity contribution < 1.29 is 13.3 Å². The lowest BCUT2D eigenvalue weighted by Gasteiger charge is -2.22. The summed E-state index contributed by atoms with van der Waals surface area (Å²) in [5, 5.41) is 10.7. The Hall–Kier alpha value is -1.67. The van der Waals surface area contributed by atoms with E-state index >= 15 is 0 Å². The van der Waals surface area contributed by atoms with Crippen molar-refractivity contribution in [3.05, 3.63) is 28.3 Å². The molecule has 110 valence electrons. The van der Waals surface area contributed by atoms with Crippen LogP contribution in [-0.2, 0) is 10.0 Å². The van der Waals surface area contributed by atoms with E-state index in [4.69, 9.17) is 5.73 Å². The van der Waals surface area contributed by atoms with E-state index in [2.05, 4.69) is 4.72 Å². The molecule has 7 nitrogen and oxygen atoms in total. The highest BCUT2D eigenvalue weighted by Crippen LogP contribution is 2.26. The molecule has 0 bridgehead atoms. The van der Waals surface area contributed by atoms with Gasteiger partial charge in [-0.25, -0.2) is 13.1 Å². The van der Waals surface area contributed by atoms with Crippen molar-refractivity contribution in [3.8, 4) is 0 Å². The molecule has 0 aromatic heterocycles. The van der Waals surface area contributed by atoms with Gasteiger partial charge in [0.1, 0.15) is 4.90 Å². The molecule has 20 heavy (non-hydrogen) atoms. The second kappa shape index (κ2) is 5.76. The van der Waals surface area contributed by atoms with Gasteiger partial charge in [0.15, 0.2) is 0 Å². The van der Waals surface area contributed by atoms with Crippen LogP contribution in [0.3, 0.4) is 0 Å². The van der Waals surface area contributed by atoms with Gasteiger partial charge in [0.05, 0.1) is 10.6 Å². The Labute approximate surface area is 117 Å². The van der Waals surface area contributed by atoms with E-state index in [1.165, 1.54) is 12.1 Å². The lowest BCUT2D eigenvalue weighted by atomic mass is 9.96. The predicted molar refractivity (Wildman–Crippen MR) is 74.7 cm³/mol. The van der Waals surface area contributed by atoms with Crippen LogP contribution in [0, 0.1) is 10.1 Å². The maximum atomic E-state index is 12.3. The Morgan fingerprint density at radius 3 is 2.50 bits per heavy atom. The Morgan fingerprint density at radius 1 is 1.25 bits per heavy atom. The molecule has 0 spiro atoms. The third-order valence-corrected chi connectivity index (χ3v) is 5.00. The number of nitrogens with one attached hydrogen (secondary N) is 1. The second-order valence-electron chi connectivity index (χ2n) is 4.94. The Bertz CT molecular complexity index is 609. The van der Waals surface area contributed by atoms with Crippen LogP contribution in [0.15, 0.2) is 23.1 Å². The number of sulfonamides is 1. The van der Waals surface area contributed by atoms with Gasteiger partial charge in [-0.1, -0.05) is 19.3 Å². The maximum absolute atomic E-state index is 12.3. The highest BCUT2D eigenvalue weighted by atomic mass is 32.2. The number of rotatable bonds is 4. The van der Waals surface area contributed by atoms with Crippen LogP contribution in [-0.4, -0.2) is 19.4 Å². The van der Waals surface area contributed by atoms with E-state index in [0.29, 0.717) is 0 Å². The smallest absolute Gasteiger partial charge is 0.270 e. The van der Waals surface area contributed by atoms with Gasteiger partial charge >= 0.3 is 0 Å². The lowest BCUT2D eigenvalue weighted by molar-refractivity contribution is -0.385. The molecular formula is C12H17N3O4S. The molecule has 8 heteroatoms. The monoisotopic (exact) mass is 299 g/mol. The molecule has 0 unspecified atom stereocenters. The zero-order valence-corrected chi connectivity index (χ0v) is 11.7. The summed E-state index contributed by atoms with van der Waals surface area (Å²) in [6.45, 7) is 0. The van der Waals surface area contributed by atoms with E-state index in [-0.39, 0.29) is 22.3 Å². The van der Waals surface area contributed by atoms with Gasteiger partial charge in [0, 0.05) is 18.2 Å². The number of nitro benzene ring substituents is 1. The average Bonchev–Trinajstić information content (AvgIpc) is 2.39. The number of hydrogen-bond donors (Lipinski definition) is 2. The van der Waals surface area contributed by atoms with Gasteiger partial charge in [-0.3, -0.25) is 10.1 Å². The zero-order chi connectivity index (χ0) is 14.8. The van der Waals surface area contributed by atoms with Crippen LogP contribution in [0.1, 0.15) is 32.1 Å². The first kappa shape index (κ1) is 14.7. The topological polar surface area (TPSA) is 115 Å². The molecule has 0 aliphatic heterocycles. The minimum atomic E-state index is -3.83. The fourth-order valence-electron chi connectivity index (χ4n) is 2.37.